The van der Waals surface area contributed by atoms with Crippen molar-refractivity contribution in [3.05, 3.63) is 29.6 Å². The Labute approximate surface area is 118 Å². The molecule has 4 nitrogen and oxygen atoms in total. The fraction of sp³-hybridized carbons (Fsp3) is 0.462. The minimum absolute atomic E-state index is 0. The molecule has 19 heavy (non-hydrogen) atoms. The molecule has 0 spiro atoms. The summed E-state index contributed by atoms with van der Waals surface area (Å²) >= 11 is 0. The van der Waals surface area contributed by atoms with Gasteiger partial charge in [0.25, 0.3) is 0 Å². The normalized spacial score (nSPS) is 11.4. The van der Waals surface area contributed by atoms with Crippen molar-refractivity contribution in [3.8, 4) is 5.75 Å². The van der Waals surface area contributed by atoms with E-state index in [1.54, 1.807) is 0 Å². The third-order valence-electron chi connectivity index (χ3n) is 2.52. The maximum Gasteiger partial charge on any atom is 0.327 e. The monoisotopic (exact) mass is 291 g/mol. The van der Waals surface area contributed by atoms with Gasteiger partial charge in [-0.2, -0.15) is 0 Å². The zero-order valence-corrected chi connectivity index (χ0v) is 11.8. The van der Waals surface area contributed by atoms with Crippen LogP contribution in [0.15, 0.2) is 18.2 Å². The van der Waals surface area contributed by atoms with Crippen molar-refractivity contribution in [1.82, 2.24) is 0 Å². The number of methoxy groups -OCH3 is 1. The molecule has 0 fully saturated rings. The van der Waals surface area contributed by atoms with Crippen LogP contribution in [0.2, 0.25) is 0 Å². The second kappa shape index (κ2) is 8.72. The van der Waals surface area contributed by atoms with Crippen LogP contribution < -0.4 is 10.5 Å². The standard InChI is InChI=1S/C13H18FNO3.ClH/c1-3-4-7-18-11-6-5-9(14)8-10(11)12(15)13(16)17-2;/h5-6,8,12H,3-4,7,15H2,1-2H3;1H. The number of hydrogen-bond acceptors (Lipinski definition) is 4. The molecule has 0 aliphatic rings. The molecule has 6 heteroatoms. The Bertz CT molecular complexity index is 415. The van der Waals surface area contributed by atoms with E-state index in [9.17, 15) is 9.18 Å². The highest BCUT2D eigenvalue weighted by molar-refractivity contribution is 5.85. The molecule has 108 valence electrons. The van der Waals surface area contributed by atoms with Gasteiger partial charge in [0.15, 0.2) is 0 Å². The fourth-order valence-corrected chi connectivity index (χ4v) is 1.47. The van der Waals surface area contributed by atoms with Gasteiger partial charge >= 0.3 is 5.97 Å². The largest absolute Gasteiger partial charge is 0.493 e. The molecular weight excluding hydrogens is 273 g/mol. The van der Waals surface area contributed by atoms with Crippen LogP contribution in [0, 0.1) is 5.82 Å². The molecule has 0 aliphatic heterocycles. The zero-order chi connectivity index (χ0) is 13.5. The van der Waals surface area contributed by atoms with Crippen LogP contribution in [0.3, 0.4) is 0 Å². The number of esters is 1. The first-order chi connectivity index (χ1) is 8.60. The Morgan fingerprint density at radius 2 is 2.16 bits per heavy atom. The number of carbonyl (C=O) groups is 1. The van der Waals surface area contributed by atoms with Gasteiger partial charge in [0.05, 0.1) is 13.7 Å². The van der Waals surface area contributed by atoms with E-state index >= 15 is 0 Å². The highest BCUT2D eigenvalue weighted by atomic mass is 35.5. The second-order valence-electron chi connectivity index (χ2n) is 3.88. The van der Waals surface area contributed by atoms with Gasteiger partial charge in [-0.05, 0) is 24.6 Å². The first-order valence-corrected chi connectivity index (χ1v) is 5.85. The van der Waals surface area contributed by atoms with Gasteiger partial charge in [-0.15, -0.1) is 12.4 Å². The molecule has 1 aromatic carbocycles. The zero-order valence-electron chi connectivity index (χ0n) is 11.0. The van der Waals surface area contributed by atoms with E-state index in [1.165, 1.54) is 25.3 Å². The SMILES string of the molecule is CCCCOc1ccc(F)cc1C(N)C(=O)OC.Cl. The summed E-state index contributed by atoms with van der Waals surface area (Å²) < 4.78 is 23.2. The van der Waals surface area contributed by atoms with Crippen LogP contribution in [0.1, 0.15) is 31.4 Å². The molecule has 1 unspecified atom stereocenters. The predicted molar refractivity (Wildman–Crippen MR) is 73.0 cm³/mol. The second-order valence-corrected chi connectivity index (χ2v) is 3.88. The Morgan fingerprint density at radius 3 is 2.74 bits per heavy atom. The highest BCUT2D eigenvalue weighted by Crippen LogP contribution is 2.26. The molecular formula is C13H19ClFNO3. The van der Waals surface area contributed by atoms with Crippen LogP contribution in [0.25, 0.3) is 0 Å². The smallest absolute Gasteiger partial charge is 0.327 e. The van der Waals surface area contributed by atoms with Crippen molar-refractivity contribution in [3.63, 3.8) is 0 Å². The molecule has 1 rings (SSSR count). The van der Waals surface area contributed by atoms with Crippen molar-refractivity contribution in [2.45, 2.75) is 25.8 Å². The van der Waals surface area contributed by atoms with Crippen LogP contribution in [-0.2, 0) is 9.53 Å². The summed E-state index contributed by atoms with van der Waals surface area (Å²) in [4.78, 5) is 11.4. The number of ether oxygens (including phenoxy) is 2. The van der Waals surface area contributed by atoms with Gasteiger partial charge in [-0.3, -0.25) is 4.79 Å². The molecule has 0 aromatic heterocycles. The third kappa shape index (κ3) is 5.04. The van der Waals surface area contributed by atoms with Crippen molar-refractivity contribution in [2.24, 2.45) is 5.73 Å². The first kappa shape index (κ1) is 17.7. The average Bonchev–Trinajstić information content (AvgIpc) is 2.38. The van der Waals surface area contributed by atoms with Crippen molar-refractivity contribution >= 4 is 18.4 Å². The molecule has 0 aliphatic carbocycles. The topological polar surface area (TPSA) is 61.5 Å². The van der Waals surface area contributed by atoms with Crippen molar-refractivity contribution in [1.29, 1.82) is 0 Å². The Kier molecular flexibility index (Phi) is 8.11. The average molecular weight is 292 g/mol. The number of carbonyl (C=O) groups excluding carboxylic acids is 1. The number of benzene rings is 1. The summed E-state index contributed by atoms with van der Waals surface area (Å²) in [6.45, 7) is 2.54. The molecule has 0 radical (unpaired) electrons. The van der Waals surface area contributed by atoms with Gasteiger partial charge < -0.3 is 15.2 Å². The number of hydrogen-bond donors (Lipinski definition) is 1. The predicted octanol–water partition coefficient (Wildman–Crippen LogP) is 2.60. The van der Waals surface area contributed by atoms with E-state index in [-0.39, 0.29) is 12.4 Å². The lowest BCUT2D eigenvalue weighted by Crippen LogP contribution is -2.23. The molecule has 0 heterocycles. The van der Waals surface area contributed by atoms with Crippen molar-refractivity contribution < 1.29 is 18.7 Å². The lowest BCUT2D eigenvalue weighted by atomic mass is 10.1. The van der Waals surface area contributed by atoms with Crippen molar-refractivity contribution in [2.75, 3.05) is 13.7 Å². The van der Waals surface area contributed by atoms with Gasteiger partial charge in [0.2, 0.25) is 0 Å². The Morgan fingerprint density at radius 1 is 1.47 bits per heavy atom. The van der Waals surface area contributed by atoms with Gasteiger partial charge in [-0.1, -0.05) is 13.3 Å². The summed E-state index contributed by atoms with van der Waals surface area (Å²) in [5.74, 6) is -0.670. The van der Waals surface area contributed by atoms with Gasteiger partial charge in [-0.25, -0.2) is 4.39 Å². The van der Waals surface area contributed by atoms with E-state index in [0.29, 0.717) is 17.9 Å². The van der Waals surface area contributed by atoms with E-state index in [0.717, 1.165) is 12.8 Å². The molecule has 0 saturated carbocycles. The number of unbranched alkanes of at least 4 members (excludes halogenated alkanes) is 1. The number of halogens is 2. The minimum Gasteiger partial charge on any atom is -0.493 e. The lowest BCUT2D eigenvalue weighted by molar-refractivity contribution is -0.142. The third-order valence-corrected chi connectivity index (χ3v) is 2.52. The van der Waals surface area contributed by atoms with Crippen LogP contribution in [0.5, 0.6) is 5.75 Å². The molecule has 1 aromatic rings. The van der Waals surface area contributed by atoms with E-state index in [2.05, 4.69) is 4.74 Å². The summed E-state index contributed by atoms with van der Waals surface area (Å²) in [7, 11) is 1.24. The molecule has 0 bridgehead atoms. The lowest BCUT2D eigenvalue weighted by Gasteiger charge is -2.15. The maximum atomic E-state index is 13.2. The van der Waals surface area contributed by atoms with E-state index < -0.39 is 17.8 Å². The number of nitrogens with two attached hydrogens (primary N) is 1. The summed E-state index contributed by atoms with van der Waals surface area (Å²) in [5, 5.41) is 0. The van der Waals surface area contributed by atoms with Crippen LogP contribution >= 0.6 is 12.4 Å². The minimum atomic E-state index is -1.04. The van der Waals surface area contributed by atoms with Crippen LogP contribution in [0.4, 0.5) is 4.39 Å². The molecule has 1 atom stereocenters. The van der Waals surface area contributed by atoms with Crippen LogP contribution in [-0.4, -0.2) is 19.7 Å². The fourth-order valence-electron chi connectivity index (χ4n) is 1.47. The molecule has 2 N–H and O–H groups in total. The Balaban J connectivity index is 0.00000324. The quantitative estimate of drug-likeness (QED) is 0.646. The summed E-state index contributed by atoms with van der Waals surface area (Å²) in [5.41, 5.74) is 6.01. The molecule has 0 amide bonds. The van der Waals surface area contributed by atoms with E-state index in [1.807, 2.05) is 6.92 Å². The summed E-state index contributed by atoms with van der Waals surface area (Å²) in [6.07, 6.45) is 1.86. The number of rotatable bonds is 6. The van der Waals surface area contributed by atoms with Gasteiger partial charge in [0, 0.05) is 5.56 Å². The first-order valence-electron chi connectivity index (χ1n) is 5.85. The summed E-state index contributed by atoms with van der Waals surface area (Å²) in [6, 6.07) is 2.91. The maximum absolute atomic E-state index is 13.2. The van der Waals surface area contributed by atoms with Gasteiger partial charge in [0.1, 0.15) is 17.6 Å². The van der Waals surface area contributed by atoms with E-state index in [4.69, 9.17) is 10.5 Å². The Hall–Kier alpha value is -1.33. The highest BCUT2D eigenvalue weighted by Gasteiger charge is 2.21. The molecule has 0 saturated heterocycles.